The SMILES string of the molecule is COc1ccc([C@@H](C[N+](=O)[O-])C2C(=O)NC(=O)NC2=O)cc1OC. The molecule has 128 valence electrons. The second-order valence-electron chi connectivity index (χ2n) is 5.02. The van der Waals surface area contributed by atoms with Gasteiger partial charge in [0.15, 0.2) is 11.5 Å². The Morgan fingerprint density at radius 2 is 1.71 bits per heavy atom. The lowest BCUT2D eigenvalue weighted by Gasteiger charge is -2.26. The Morgan fingerprint density at radius 3 is 2.21 bits per heavy atom. The van der Waals surface area contributed by atoms with Gasteiger partial charge < -0.3 is 9.47 Å². The summed E-state index contributed by atoms with van der Waals surface area (Å²) in [6.07, 6.45) is 0. The molecule has 10 heteroatoms. The van der Waals surface area contributed by atoms with Crippen molar-refractivity contribution >= 4 is 17.8 Å². The molecule has 1 saturated heterocycles. The van der Waals surface area contributed by atoms with E-state index in [1.165, 1.54) is 32.4 Å². The van der Waals surface area contributed by atoms with Crippen molar-refractivity contribution < 1.29 is 28.8 Å². The van der Waals surface area contributed by atoms with Crippen LogP contribution in [0.1, 0.15) is 11.5 Å². The van der Waals surface area contributed by atoms with Gasteiger partial charge in [0.25, 0.3) is 0 Å². The Labute approximate surface area is 136 Å². The first kappa shape index (κ1) is 17.2. The third-order valence-corrected chi connectivity index (χ3v) is 3.62. The molecule has 0 bridgehead atoms. The number of imide groups is 2. The number of nitrogens with zero attached hydrogens (tertiary/aromatic N) is 1. The van der Waals surface area contributed by atoms with Crippen molar-refractivity contribution in [1.82, 2.24) is 10.6 Å². The molecule has 0 saturated carbocycles. The average molecular weight is 337 g/mol. The molecule has 2 rings (SSSR count). The second kappa shape index (κ2) is 6.94. The predicted octanol–water partition coefficient (Wildman–Crippen LogP) is 0.0463. The Kier molecular flexibility index (Phi) is 4.97. The molecule has 1 fully saturated rings. The lowest BCUT2D eigenvalue weighted by molar-refractivity contribution is -0.484. The minimum atomic E-state index is -1.41. The van der Waals surface area contributed by atoms with E-state index in [2.05, 4.69) is 0 Å². The summed E-state index contributed by atoms with van der Waals surface area (Å²) in [6, 6.07) is 3.54. The van der Waals surface area contributed by atoms with Gasteiger partial charge in [0, 0.05) is 4.92 Å². The van der Waals surface area contributed by atoms with Gasteiger partial charge in [0.05, 0.1) is 20.1 Å². The molecule has 2 N–H and O–H groups in total. The predicted molar refractivity (Wildman–Crippen MR) is 79.3 cm³/mol. The Bertz CT molecular complexity index is 684. The third-order valence-electron chi connectivity index (χ3n) is 3.62. The number of nitro groups is 1. The molecule has 1 aromatic carbocycles. The lowest BCUT2D eigenvalue weighted by Crippen LogP contribution is -2.57. The lowest BCUT2D eigenvalue weighted by atomic mass is 9.83. The maximum Gasteiger partial charge on any atom is 0.328 e. The number of barbiturate groups is 1. The van der Waals surface area contributed by atoms with Crippen molar-refractivity contribution in [3.8, 4) is 11.5 Å². The number of urea groups is 1. The highest BCUT2D eigenvalue weighted by atomic mass is 16.6. The van der Waals surface area contributed by atoms with E-state index in [4.69, 9.17) is 9.47 Å². The summed E-state index contributed by atoms with van der Waals surface area (Å²) in [5, 5.41) is 14.9. The van der Waals surface area contributed by atoms with Gasteiger partial charge in [-0.2, -0.15) is 0 Å². The van der Waals surface area contributed by atoms with E-state index < -0.39 is 41.1 Å². The molecule has 0 aromatic heterocycles. The molecule has 10 nitrogen and oxygen atoms in total. The summed E-state index contributed by atoms with van der Waals surface area (Å²) in [7, 11) is 2.82. The van der Waals surface area contributed by atoms with E-state index in [9.17, 15) is 24.5 Å². The smallest absolute Gasteiger partial charge is 0.328 e. The monoisotopic (exact) mass is 337 g/mol. The molecule has 24 heavy (non-hydrogen) atoms. The molecule has 0 radical (unpaired) electrons. The van der Waals surface area contributed by atoms with Crippen LogP contribution in [0.5, 0.6) is 11.5 Å². The highest BCUT2D eigenvalue weighted by molar-refractivity contribution is 6.16. The van der Waals surface area contributed by atoms with Crippen LogP contribution >= 0.6 is 0 Å². The number of amides is 4. The number of carbonyl (C=O) groups excluding carboxylic acids is 3. The quantitative estimate of drug-likeness (QED) is 0.425. The fourth-order valence-corrected chi connectivity index (χ4v) is 2.54. The van der Waals surface area contributed by atoms with Crippen LogP contribution in [0.15, 0.2) is 18.2 Å². The summed E-state index contributed by atoms with van der Waals surface area (Å²) in [5.41, 5.74) is 0.342. The first-order valence-electron chi connectivity index (χ1n) is 6.86. The van der Waals surface area contributed by atoms with Gasteiger partial charge in [0.1, 0.15) is 5.92 Å². The van der Waals surface area contributed by atoms with Crippen molar-refractivity contribution in [2.45, 2.75) is 5.92 Å². The number of hydrogen-bond donors (Lipinski definition) is 2. The van der Waals surface area contributed by atoms with Gasteiger partial charge in [-0.25, -0.2) is 4.79 Å². The van der Waals surface area contributed by atoms with Gasteiger partial charge in [-0.15, -0.1) is 0 Å². The number of ether oxygens (including phenoxy) is 2. The highest BCUT2D eigenvalue weighted by Crippen LogP contribution is 2.34. The topological polar surface area (TPSA) is 137 Å². The van der Waals surface area contributed by atoms with Crippen LogP contribution in [0, 0.1) is 16.0 Å². The van der Waals surface area contributed by atoms with Crippen molar-refractivity contribution in [2.75, 3.05) is 20.8 Å². The Hall–Kier alpha value is -3.17. The van der Waals surface area contributed by atoms with Crippen LogP contribution in [0.4, 0.5) is 4.79 Å². The number of benzene rings is 1. The molecule has 4 amide bonds. The average Bonchev–Trinajstić information content (AvgIpc) is 2.52. The maximum atomic E-state index is 12.0. The summed E-state index contributed by atoms with van der Waals surface area (Å²) >= 11 is 0. The Morgan fingerprint density at radius 1 is 1.12 bits per heavy atom. The van der Waals surface area contributed by atoms with Crippen molar-refractivity contribution in [3.05, 3.63) is 33.9 Å². The highest BCUT2D eigenvalue weighted by Gasteiger charge is 2.43. The van der Waals surface area contributed by atoms with Gasteiger partial charge in [-0.05, 0) is 17.7 Å². The van der Waals surface area contributed by atoms with E-state index in [0.29, 0.717) is 17.1 Å². The van der Waals surface area contributed by atoms with Gasteiger partial charge >= 0.3 is 6.03 Å². The summed E-state index contributed by atoms with van der Waals surface area (Å²) in [4.78, 5) is 45.6. The Balaban J connectivity index is 2.45. The summed E-state index contributed by atoms with van der Waals surface area (Å²) in [5.74, 6) is -3.56. The molecule has 1 aliphatic rings. The minimum Gasteiger partial charge on any atom is -0.493 e. The molecule has 1 aliphatic heterocycles. The van der Waals surface area contributed by atoms with E-state index >= 15 is 0 Å². The molecule has 1 aromatic rings. The fraction of sp³-hybridized carbons (Fsp3) is 0.357. The number of nitrogens with one attached hydrogen (secondary N) is 2. The van der Waals surface area contributed by atoms with Crippen LogP contribution < -0.4 is 20.1 Å². The minimum absolute atomic E-state index is 0.302. The first-order chi connectivity index (χ1) is 11.4. The van der Waals surface area contributed by atoms with E-state index in [1.807, 2.05) is 10.6 Å². The van der Waals surface area contributed by atoms with Crippen molar-refractivity contribution in [1.29, 1.82) is 0 Å². The van der Waals surface area contributed by atoms with Crippen LogP contribution in [0.2, 0.25) is 0 Å². The largest absolute Gasteiger partial charge is 0.493 e. The third kappa shape index (κ3) is 3.42. The molecular formula is C14H15N3O7. The molecule has 0 spiro atoms. The molecule has 0 aliphatic carbocycles. The summed E-state index contributed by atoms with van der Waals surface area (Å²) < 4.78 is 10.2. The number of methoxy groups -OCH3 is 2. The van der Waals surface area contributed by atoms with E-state index in [1.54, 1.807) is 0 Å². The number of rotatable bonds is 6. The van der Waals surface area contributed by atoms with Crippen LogP contribution in [0.3, 0.4) is 0 Å². The van der Waals surface area contributed by atoms with Crippen molar-refractivity contribution in [3.63, 3.8) is 0 Å². The maximum absolute atomic E-state index is 12.0. The summed E-state index contributed by atoms with van der Waals surface area (Å²) in [6.45, 7) is -0.671. The molecular weight excluding hydrogens is 322 g/mol. The number of hydrogen-bond acceptors (Lipinski definition) is 7. The van der Waals surface area contributed by atoms with Crippen LogP contribution in [-0.2, 0) is 9.59 Å². The standard InChI is InChI=1S/C14H15N3O7/c1-23-9-4-3-7(5-10(9)24-2)8(6-17(21)22)11-12(18)15-14(20)16-13(11)19/h3-5,8,11H,6H2,1-2H3,(H2,15,16,18,19,20)/t8-/m1/s1. The zero-order valence-electron chi connectivity index (χ0n) is 12.9. The number of carbonyl (C=O) groups is 3. The van der Waals surface area contributed by atoms with Crippen LogP contribution in [0.25, 0.3) is 0 Å². The van der Waals surface area contributed by atoms with Gasteiger partial charge in [0.2, 0.25) is 18.4 Å². The van der Waals surface area contributed by atoms with Gasteiger partial charge in [-0.1, -0.05) is 6.07 Å². The van der Waals surface area contributed by atoms with E-state index in [0.717, 1.165) is 0 Å². The van der Waals surface area contributed by atoms with Gasteiger partial charge in [-0.3, -0.25) is 30.3 Å². The fourth-order valence-electron chi connectivity index (χ4n) is 2.54. The second-order valence-corrected chi connectivity index (χ2v) is 5.02. The molecule has 1 heterocycles. The zero-order chi connectivity index (χ0) is 17.9. The van der Waals surface area contributed by atoms with E-state index in [-0.39, 0.29) is 0 Å². The molecule has 0 unspecified atom stereocenters. The molecule has 1 atom stereocenters. The van der Waals surface area contributed by atoms with Crippen LogP contribution in [-0.4, -0.2) is 43.5 Å². The first-order valence-corrected chi connectivity index (χ1v) is 6.86. The normalized spacial score (nSPS) is 16.2. The zero-order valence-corrected chi connectivity index (χ0v) is 12.9. The van der Waals surface area contributed by atoms with Crippen molar-refractivity contribution in [2.24, 2.45) is 5.92 Å².